The van der Waals surface area contributed by atoms with Crippen molar-refractivity contribution in [3.63, 3.8) is 0 Å². The van der Waals surface area contributed by atoms with Crippen LogP contribution in [0.3, 0.4) is 0 Å². The zero-order valence-electron chi connectivity index (χ0n) is 14.7. The Morgan fingerprint density at radius 3 is 2.62 bits per heavy atom. The van der Waals surface area contributed by atoms with Gasteiger partial charge in [0, 0.05) is 33.8 Å². The molecule has 0 spiro atoms. The van der Waals surface area contributed by atoms with Crippen LogP contribution in [0.1, 0.15) is 24.0 Å². The lowest BCUT2D eigenvalue weighted by Gasteiger charge is -2.33. The molecule has 1 aromatic carbocycles. The molecule has 1 aromatic rings. The van der Waals surface area contributed by atoms with Crippen molar-refractivity contribution in [2.24, 2.45) is 10.9 Å². The number of benzene rings is 1. The van der Waals surface area contributed by atoms with E-state index >= 15 is 0 Å². The number of likely N-dealkylation sites (tertiary alicyclic amines) is 1. The lowest BCUT2D eigenvalue weighted by molar-refractivity contribution is -0.146. The van der Waals surface area contributed by atoms with Crippen LogP contribution in [0.25, 0.3) is 0 Å². The summed E-state index contributed by atoms with van der Waals surface area (Å²) in [6, 6.07) is 8.31. The number of hydrogen-bond acceptors (Lipinski definition) is 4. The summed E-state index contributed by atoms with van der Waals surface area (Å²) in [6.07, 6.45) is 1.60. The van der Waals surface area contributed by atoms with Gasteiger partial charge in [-0.05, 0) is 24.0 Å². The van der Waals surface area contributed by atoms with Crippen LogP contribution in [-0.2, 0) is 27.4 Å². The quantitative estimate of drug-likeness (QED) is 0.506. The van der Waals surface area contributed by atoms with Crippen molar-refractivity contribution in [3.8, 4) is 0 Å². The maximum atomic E-state index is 11.6. The minimum atomic E-state index is -0.104. The zero-order chi connectivity index (χ0) is 17.4. The van der Waals surface area contributed by atoms with Crippen molar-refractivity contribution in [3.05, 3.63) is 35.4 Å². The molecule has 132 valence electrons. The van der Waals surface area contributed by atoms with Crippen molar-refractivity contribution in [2.75, 3.05) is 34.4 Å². The van der Waals surface area contributed by atoms with Crippen LogP contribution in [0.15, 0.2) is 29.3 Å². The van der Waals surface area contributed by atoms with Gasteiger partial charge < -0.3 is 19.7 Å². The van der Waals surface area contributed by atoms with Gasteiger partial charge in [0.05, 0.1) is 19.6 Å². The molecule has 1 aliphatic heterocycles. The molecule has 1 N–H and O–H groups in total. The molecule has 0 atom stereocenters. The first-order valence-electron chi connectivity index (χ1n) is 8.28. The van der Waals surface area contributed by atoms with Gasteiger partial charge in [-0.2, -0.15) is 0 Å². The van der Waals surface area contributed by atoms with Crippen LogP contribution in [0.2, 0.25) is 0 Å². The second kappa shape index (κ2) is 9.27. The number of nitrogens with zero attached hydrogens (tertiary/aromatic N) is 2. The maximum absolute atomic E-state index is 11.6. The molecule has 0 unspecified atom stereocenters. The minimum absolute atomic E-state index is 0.00933. The van der Waals surface area contributed by atoms with Crippen molar-refractivity contribution in [2.45, 2.75) is 26.0 Å². The molecule has 0 radical (unpaired) electrons. The van der Waals surface area contributed by atoms with E-state index in [0.717, 1.165) is 37.5 Å². The summed E-state index contributed by atoms with van der Waals surface area (Å²) < 4.78 is 10.0. The molecule has 1 saturated heterocycles. The van der Waals surface area contributed by atoms with Crippen LogP contribution in [0.4, 0.5) is 0 Å². The van der Waals surface area contributed by atoms with Crippen LogP contribution >= 0.6 is 0 Å². The van der Waals surface area contributed by atoms with Crippen LogP contribution in [0.5, 0.6) is 0 Å². The van der Waals surface area contributed by atoms with Gasteiger partial charge in [-0.25, -0.2) is 0 Å². The first-order valence-corrected chi connectivity index (χ1v) is 8.28. The zero-order valence-corrected chi connectivity index (χ0v) is 14.7. The molecule has 1 fully saturated rings. The van der Waals surface area contributed by atoms with E-state index in [4.69, 9.17) is 9.47 Å². The second-order valence-electron chi connectivity index (χ2n) is 5.94. The standard InChI is InChI=1S/C18H27N3O3/c1-19-18(21-9-7-16(8-10-21)17(22)24-3)20-12-14-5-4-6-15(11-14)13-23-2/h4-6,11,16H,7-10,12-13H2,1-3H3,(H,19,20). The molecule has 0 bridgehead atoms. The van der Waals surface area contributed by atoms with Gasteiger partial charge in [0.1, 0.15) is 0 Å². The summed E-state index contributed by atoms with van der Waals surface area (Å²) in [7, 11) is 4.94. The van der Waals surface area contributed by atoms with Crippen molar-refractivity contribution < 1.29 is 14.3 Å². The Balaban J connectivity index is 1.87. The molecular formula is C18H27N3O3. The van der Waals surface area contributed by atoms with Crippen molar-refractivity contribution >= 4 is 11.9 Å². The second-order valence-corrected chi connectivity index (χ2v) is 5.94. The van der Waals surface area contributed by atoms with Gasteiger partial charge in [0.25, 0.3) is 0 Å². The highest BCUT2D eigenvalue weighted by molar-refractivity contribution is 5.80. The lowest BCUT2D eigenvalue weighted by Crippen LogP contribution is -2.46. The fraction of sp³-hybridized carbons (Fsp3) is 0.556. The molecule has 0 saturated carbocycles. The summed E-state index contributed by atoms with van der Waals surface area (Å²) in [6.45, 7) is 2.94. The maximum Gasteiger partial charge on any atom is 0.308 e. The van der Waals surface area contributed by atoms with E-state index in [1.165, 1.54) is 12.7 Å². The van der Waals surface area contributed by atoms with Gasteiger partial charge in [-0.1, -0.05) is 24.3 Å². The summed E-state index contributed by atoms with van der Waals surface area (Å²) in [5, 5.41) is 3.40. The van der Waals surface area contributed by atoms with Gasteiger partial charge in [-0.3, -0.25) is 9.79 Å². The number of guanidine groups is 1. The largest absolute Gasteiger partial charge is 0.469 e. The first kappa shape index (κ1) is 18.3. The number of carbonyl (C=O) groups excluding carboxylic acids is 1. The Labute approximate surface area is 143 Å². The number of nitrogens with one attached hydrogen (secondary N) is 1. The fourth-order valence-electron chi connectivity index (χ4n) is 3.00. The van der Waals surface area contributed by atoms with E-state index in [1.54, 1.807) is 14.2 Å². The predicted octanol–water partition coefficient (Wildman–Crippen LogP) is 1.79. The Morgan fingerprint density at radius 1 is 1.29 bits per heavy atom. The molecular weight excluding hydrogens is 306 g/mol. The minimum Gasteiger partial charge on any atom is -0.469 e. The average molecular weight is 333 g/mol. The van der Waals surface area contributed by atoms with E-state index in [1.807, 2.05) is 6.07 Å². The highest BCUT2D eigenvalue weighted by Crippen LogP contribution is 2.18. The third kappa shape index (κ3) is 4.96. The number of piperidine rings is 1. The molecule has 6 nitrogen and oxygen atoms in total. The van der Waals surface area contributed by atoms with Crippen molar-refractivity contribution in [1.29, 1.82) is 0 Å². The van der Waals surface area contributed by atoms with Crippen LogP contribution in [0, 0.1) is 5.92 Å². The SMILES string of the molecule is CN=C(NCc1cccc(COC)c1)N1CCC(C(=O)OC)CC1. The Morgan fingerprint density at radius 2 is 2.00 bits per heavy atom. The normalized spacial score (nSPS) is 16.1. The smallest absolute Gasteiger partial charge is 0.308 e. The number of aliphatic imine (C=N–C) groups is 1. The van der Waals surface area contributed by atoms with E-state index in [9.17, 15) is 4.79 Å². The van der Waals surface area contributed by atoms with E-state index in [2.05, 4.69) is 33.4 Å². The number of rotatable bonds is 5. The Hall–Kier alpha value is -2.08. The third-order valence-corrected chi connectivity index (χ3v) is 4.29. The summed E-state index contributed by atoms with van der Waals surface area (Å²) in [4.78, 5) is 18.2. The lowest BCUT2D eigenvalue weighted by atomic mass is 9.97. The van der Waals surface area contributed by atoms with Crippen molar-refractivity contribution in [1.82, 2.24) is 10.2 Å². The van der Waals surface area contributed by atoms with Crippen LogP contribution < -0.4 is 5.32 Å². The molecule has 6 heteroatoms. The van der Waals surface area contributed by atoms with Crippen LogP contribution in [-0.4, -0.2) is 51.2 Å². The molecule has 0 aromatic heterocycles. The number of ether oxygens (including phenoxy) is 2. The fourth-order valence-corrected chi connectivity index (χ4v) is 3.00. The van der Waals surface area contributed by atoms with Gasteiger partial charge >= 0.3 is 5.97 Å². The number of carbonyl (C=O) groups is 1. The van der Waals surface area contributed by atoms with E-state index in [0.29, 0.717) is 13.2 Å². The Kier molecular flexibility index (Phi) is 7.06. The number of esters is 1. The Bertz CT molecular complexity index is 566. The first-order chi connectivity index (χ1) is 11.7. The highest BCUT2D eigenvalue weighted by Gasteiger charge is 2.26. The molecule has 0 aliphatic carbocycles. The van der Waals surface area contributed by atoms with E-state index in [-0.39, 0.29) is 11.9 Å². The molecule has 24 heavy (non-hydrogen) atoms. The number of hydrogen-bond donors (Lipinski definition) is 1. The third-order valence-electron chi connectivity index (χ3n) is 4.29. The van der Waals surface area contributed by atoms with E-state index < -0.39 is 0 Å². The molecule has 0 amide bonds. The van der Waals surface area contributed by atoms with Gasteiger partial charge in [0.2, 0.25) is 0 Å². The predicted molar refractivity (Wildman–Crippen MR) is 93.7 cm³/mol. The van der Waals surface area contributed by atoms with Gasteiger partial charge in [-0.15, -0.1) is 0 Å². The topological polar surface area (TPSA) is 63.2 Å². The van der Waals surface area contributed by atoms with Gasteiger partial charge in [0.15, 0.2) is 5.96 Å². The summed E-state index contributed by atoms with van der Waals surface area (Å²) in [5.74, 6) is 0.776. The highest BCUT2D eigenvalue weighted by atomic mass is 16.5. The molecule has 1 aliphatic rings. The average Bonchev–Trinajstić information content (AvgIpc) is 2.63. The monoisotopic (exact) mass is 333 g/mol. The summed E-state index contributed by atoms with van der Waals surface area (Å²) >= 11 is 0. The number of methoxy groups -OCH3 is 2. The summed E-state index contributed by atoms with van der Waals surface area (Å²) in [5.41, 5.74) is 2.35. The molecule has 1 heterocycles. The molecule has 2 rings (SSSR count).